The Morgan fingerprint density at radius 2 is 2.11 bits per heavy atom. The average molecular weight is 263 g/mol. The molecule has 1 aliphatic rings. The maximum absolute atomic E-state index is 4.60. The van der Waals surface area contributed by atoms with E-state index in [1.165, 1.54) is 6.42 Å². The molecule has 0 bridgehead atoms. The second kappa shape index (κ2) is 6.19. The summed E-state index contributed by atoms with van der Waals surface area (Å²) in [6.45, 7) is 10.4. The Morgan fingerprint density at radius 1 is 1.37 bits per heavy atom. The van der Waals surface area contributed by atoms with Gasteiger partial charge in [0.1, 0.15) is 17.5 Å². The lowest BCUT2D eigenvalue weighted by Crippen LogP contribution is -2.30. The molecule has 0 aromatic carbocycles. The largest absolute Gasteiger partial charge is 0.357 e. The molecular formula is C14H25N5. The molecule has 1 saturated heterocycles. The normalized spacial score (nSPS) is 18.9. The Kier molecular flexibility index (Phi) is 4.58. The lowest BCUT2D eigenvalue weighted by Gasteiger charge is -2.23. The standard InChI is InChI=1S/C14H25N5/c1-5-18(6-2)13-9-14(17-11(3)16-13)19-8-7-12(10-19)15-4/h9,12,15H,5-8,10H2,1-4H3. The maximum atomic E-state index is 4.60. The van der Waals surface area contributed by atoms with E-state index in [9.17, 15) is 0 Å². The van der Waals surface area contributed by atoms with E-state index >= 15 is 0 Å². The number of rotatable bonds is 5. The molecule has 19 heavy (non-hydrogen) atoms. The summed E-state index contributed by atoms with van der Waals surface area (Å²) in [7, 11) is 2.03. The maximum Gasteiger partial charge on any atom is 0.134 e. The summed E-state index contributed by atoms with van der Waals surface area (Å²) in [5.41, 5.74) is 0. The van der Waals surface area contributed by atoms with Gasteiger partial charge in [-0.05, 0) is 34.2 Å². The summed E-state index contributed by atoms with van der Waals surface area (Å²) in [5.74, 6) is 2.96. The van der Waals surface area contributed by atoms with E-state index in [0.717, 1.165) is 43.6 Å². The van der Waals surface area contributed by atoms with Crippen LogP contribution in [0.1, 0.15) is 26.1 Å². The molecule has 106 valence electrons. The van der Waals surface area contributed by atoms with Gasteiger partial charge < -0.3 is 15.1 Å². The zero-order chi connectivity index (χ0) is 13.8. The fourth-order valence-electron chi connectivity index (χ4n) is 2.61. The Bertz CT molecular complexity index is 416. The van der Waals surface area contributed by atoms with Gasteiger partial charge >= 0.3 is 0 Å². The number of nitrogens with one attached hydrogen (secondary N) is 1. The van der Waals surface area contributed by atoms with Crippen molar-refractivity contribution in [3.05, 3.63) is 11.9 Å². The van der Waals surface area contributed by atoms with Gasteiger partial charge in [-0.3, -0.25) is 0 Å². The molecule has 0 radical (unpaired) electrons. The van der Waals surface area contributed by atoms with E-state index in [1.807, 2.05) is 14.0 Å². The highest BCUT2D eigenvalue weighted by molar-refractivity contribution is 5.51. The first-order chi connectivity index (χ1) is 9.17. The van der Waals surface area contributed by atoms with Crippen molar-refractivity contribution in [3.8, 4) is 0 Å². The van der Waals surface area contributed by atoms with E-state index in [-0.39, 0.29) is 0 Å². The predicted molar refractivity (Wildman–Crippen MR) is 80.0 cm³/mol. The Morgan fingerprint density at radius 3 is 2.68 bits per heavy atom. The molecule has 1 aromatic rings. The molecule has 2 heterocycles. The molecule has 1 atom stereocenters. The first-order valence-corrected chi connectivity index (χ1v) is 7.20. The van der Waals surface area contributed by atoms with Crippen LogP contribution in [0.25, 0.3) is 0 Å². The number of anilines is 2. The minimum atomic E-state index is 0.576. The van der Waals surface area contributed by atoms with Crippen molar-refractivity contribution < 1.29 is 0 Å². The molecule has 1 unspecified atom stereocenters. The molecule has 0 saturated carbocycles. The SMILES string of the molecule is CCN(CC)c1cc(N2CCC(NC)C2)nc(C)n1. The molecule has 0 aliphatic carbocycles. The summed E-state index contributed by atoms with van der Waals surface area (Å²) in [6, 6.07) is 2.70. The van der Waals surface area contributed by atoms with Gasteiger partial charge in [-0.1, -0.05) is 0 Å². The molecular weight excluding hydrogens is 238 g/mol. The molecule has 5 heteroatoms. The van der Waals surface area contributed by atoms with Crippen molar-refractivity contribution in [1.29, 1.82) is 0 Å². The molecule has 1 aromatic heterocycles. The van der Waals surface area contributed by atoms with Crippen LogP contribution >= 0.6 is 0 Å². The van der Waals surface area contributed by atoms with Crippen molar-refractivity contribution in [2.45, 2.75) is 33.2 Å². The van der Waals surface area contributed by atoms with Crippen LogP contribution in [0.15, 0.2) is 6.07 Å². The Balaban J connectivity index is 2.22. The van der Waals surface area contributed by atoms with Gasteiger partial charge in [0.25, 0.3) is 0 Å². The van der Waals surface area contributed by atoms with Crippen LogP contribution < -0.4 is 15.1 Å². The van der Waals surface area contributed by atoms with E-state index in [1.54, 1.807) is 0 Å². The van der Waals surface area contributed by atoms with Crippen LogP contribution in [-0.4, -0.2) is 49.2 Å². The van der Waals surface area contributed by atoms with E-state index in [4.69, 9.17) is 0 Å². The number of hydrogen-bond donors (Lipinski definition) is 1. The van der Waals surface area contributed by atoms with Crippen LogP contribution in [0.3, 0.4) is 0 Å². The third-order valence-electron chi connectivity index (χ3n) is 3.82. The van der Waals surface area contributed by atoms with Gasteiger partial charge in [0.15, 0.2) is 0 Å². The summed E-state index contributed by atoms with van der Waals surface area (Å²) in [6.07, 6.45) is 1.18. The fraction of sp³-hybridized carbons (Fsp3) is 0.714. The number of nitrogens with zero attached hydrogens (tertiary/aromatic N) is 4. The molecule has 5 nitrogen and oxygen atoms in total. The van der Waals surface area contributed by atoms with E-state index < -0.39 is 0 Å². The van der Waals surface area contributed by atoms with Gasteiger partial charge in [0.05, 0.1) is 0 Å². The summed E-state index contributed by atoms with van der Waals surface area (Å²) in [4.78, 5) is 13.8. The molecule has 0 amide bonds. The molecule has 2 rings (SSSR count). The molecule has 1 N–H and O–H groups in total. The summed E-state index contributed by atoms with van der Waals surface area (Å²) >= 11 is 0. The second-order valence-electron chi connectivity index (χ2n) is 5.02. The first-order valence-electron chi connectivity index (χ1n) is 7.20. The van der Waals surface area contributed by atoms with Gasteiger partial charge in [-0.2, -0.15) is 0 Å². The minimum absolute atomic E-state index is 0.576. The van der Waals surface area contributed by atoms with Crippen molar-refractivity contribution in [1.82, 2.24) is 15.3 Å². The highest BCUT2D eigenvalue weighted by Crippen LogP contribution is 2.22. The zero-order valence-corrected chi connectivity index (χ0v) is 12.5. The fourth-order valence-corrected chi connectivity index (χ4v) is 2.61. The van der Waals surface area contributed by atoms with Gasteiger partial charge in [0.2, 0.25) is 0 Å². The average Bonchev–Trinajstić information content (AvgIpc) is 2.88. The summed E-state index contributed by atoms with van der Waals surface area (Å²) < 4.78 is 0. The van der Waals surface area contributed by atoms with E-state index in [0.29, 0.717) is 6.04 Å². The van der Waals surface area contributed by atoms with Crippen LogP contribution in [0, 0.1) is 6.92 Å². The van der Waals surface area contributed by atoms with Crippen molar-refractivity contribution in [3.63, 3.8) is 0 Å². The van der Waals surface area contributed by atoms with Crippen LogP contribution in [-0.2, 0) is 0 Å². The van der Waals surface area contributed by atoms with Crippen LogP contribution in [0.2, 0.25) is 0 Å². The lowest BCUT2D eigenvalue weighted by atomic mass is 10.3. The minimum Gasteiger partial charge on any atom is -0.357 e. The predicted octanol–water partition coefficient (Wildman–Crippen LogP) is 1.43. The number of aryl methyl sites for hydroxylation is 1. The number of hydrogen-bond acceptors (Lipinski definition) is 5. The monoisotopic (exact) mass is 263 g/mol. The number of likely N-dealkylation sites (N-methyl/N-ethyl adjacent to an activating group) is 1. The quantitative estimate of drug-likeness (QED) is 0.870. The zero-order valence-electron chi connectivity index (χ0n) is 12.5. The van der Waals surface area contributed by atoms with Crippen molar-refractivity contribution in [2.75, 3.05) is 43.0 Å². The van der Waals surface area contributed by atoms with Crippen LogP contribution in [0.4, 0.5) is 11.6 Å². The lowest BCUT2D eigenvalue weighted by molar-refractivity contribution is 0.616. The number of aromatic nitrogens is 2. The van der Waals surface area contributed by atoms with Gasteiger partial charge in [0, 0.05) is 38.3 Å². The van der Waals surface area contributed by atoms with Crippen molar-refractivity contribution >= 4 is 11.6 Å². The van der Waals surface area contributed by atoms with Crippen molar-refractivity contribution in [2.24, 2.45) is 0 Å². The molecule has 1 aliphatic heterocycles. The third kappa shape index (κ3) is 3.15. The second-order valence-corrected chi connectivity index (χ2v) is 5.02. The van der Waals surface area contributed by atoms with E-state index in [2.05, 4.69) is 45.0 Å². The highest BCUT2D eigenvalue weighted by Gasteiger charge is 2.23. The highest BCUT2D eigenvalue weighted by atomic mass is 15.3. The topological polar surface area (TPSA) is 44.3 Å². The Labute approximate surface area is 116 Å². The van der Waals surface area contributed by atoms with Gasteiger partial charge in [-0.25, -0.2) is 9.97 Å². The first kappa shape index (κ1) is 14.1. The van der Waals surface area contributed by atoms with Gasteiger partial charge in [-0.15, -0.1) is 0 Å². The Hall–Kier alpha value is -1.36. The molecule has 1 fully saturated rings. The summed E-state index contributed by atoms with van der Waals surface area (Å²) in [5, 5.41) is 3.34. The third-order valence-corrected chi connectivity index (χ3v) is 3.82. The van der Waals surface area contributed by atoms with Crippen LogP contribution in [0.5, 0.6) is 0 Å². The smallest absolute Gasteiger partial charge is 0.134 e. The molecule has 0 spiro atoms.